The Bertz CT molecular complexity index is 361. The summed E-state index contributed by atoms with van der Waals surface area (Å²) in [5.41, 5.74) is 0.735. The Labute approximate surface area is 82.9 Å². The lowest BCUT2D eigenvalue weighted by molar-refractivity contribution is 0.608. The zero-order valence-electron chi connectivity index (χ0n) is 5.92. The maximum Gasteiger partial charge on any atom is 0.232 e. The lowest BCUT2D eigenvalue weighted by atomic mass is 10.3. The Hall–Kier alpha value is -0.0700. The number of aromatic nitrogens is 2. The van der Waals surface area contributed by atoms with Crippen molar-refractivity contribution in [3.05, 3.63) is 16.4 Å². The molecule has 7 heteroatoms. The largest absolute Gasteiger partial charge is 0.281 e. The van der Waals surface area contributed by atoms with Crippen LogP contribution in [0.15, 0.2) is 10.7 Å². The van der Waals surface area contributed by atoms with Crippen molar-refractivity contribution >= 4 is 35.7 Å². The minimum Gasteiger partial charge on any atom is -0.281 e. The molecular formula is C5H6BrClN2O2S. The van der Waals surface area contributed by atoms with E-state index in [-0.39, 0.29) is 5.75 Å². The number of aromatic amines is 1. The van der Waals surface area contributed by atoms with Gasteiger partial charge in [0, 0.05) is 17.1 Å². The lowest BCUT2D eigenvalue weighted by Crippen LogP contribution is -2.01. The number of halogens is 2. The van der Waals surface area contributed by atoms with Crippen LogP contribution in [-0.4, -0.2) is 24.4 Å². The number of hydrogen-bond acceptors (Lipinski definition) is 3. The number of nitrogens with zero attached hydrogens (tertiary/aromatic N) is 1. The van der Waals surface area contributed by atoms with Crippen LogP contribution in [-0.2, 0) is 15.5 Å². The average Bonchev–Trinajstić information content (AvgIpc) is 2.29. The molecule has 1 rings (SSSR count). The van der Waals surface area contributed by atoms with Crippen molar-refractivity contribution in [2.45, 2.75) is 6.42 Å². The topological polar surface area (TPSA) is 62.8 Å². The van der Waals surface area contributed by atoms with Crippen molar-refractivity contribution in [3.63, 3.8) is 0 Å². The summed E-state index contributed by atoms with van der Waals surface area (Å²) in [7, 11) is 1.61. The van der Waals surface area contributed by atoms with E-state index < -0.39 is 9.05 Å². The third kappa shape index (κ3) is 3.12. The number of hydrogen-bond donors (Lipinski definition) is 1. The molecule has 0 aliphatic heterocycles. The number of aryl methyl sites for hydroxylation is 1. The molecule has 4 nitrogen and oxygen atoms in total. The summed E-state index contributed by atoms with van der Waals surface area (Å²) in [6, 6.07) is 0. The normalized spacial score (nSPS) is 11.8. The van der Waals surface area contributed by atoms with Crippen LogP contribution < -0.4 is 0 Å². The first-order valence-corrected chi connectivity index (χ1v) is 6.36. The van der Waals surface area contributed by atoms with Gasteiger partial charge < -0.3 is 0 Å². The molecule has 68 valence electrons. The van der Waals surface area contributed by atoms with Gasteiger partial charge in [-0.25, -0.2) is 8.42 Å². The first kappa shape index (κ1) is 10.0. The lowest BCUT2D eigenvalue weighted by Gasteiger charge is -1.94. The van der Waals surface area contributed by atoms with Crippen molar-refractivity contribution in [2.75, 3.05) is 5.75 Å². The van der Waals surface area contributed by atoms with Crippen molar-refractivity contribution in [1.29, 1.82) is 0 Å². The Morgan fingerprint density at radius 1 is 1.67 bits per heavy atom. The molecule has 0 aliphatic carbocycles. The van der Waals surface area contributed by atoms with Gasteiger partial charge >= 0.3 is 0 Å². The highest BCUT2D eigenvalue weighted by atomic mass is 79.9. The van der Waals surface area contributed by atoms with E-state index in [0.717, 1.165) is 10.2 Å². The monoisotopic (exact) mass is 272 g/mol. The third-order valence-electron chi connectivity index (χ3n) is 1.26. The first-order chi connectivity index (χ1) is 5.49. The summed E-state index contributed by atoms with van der Waals surface area (Å²) in [4.78, 5) is 0. The van der Waals surface area contributed by atoms with Gasteiger partial charge in [-0.1, -0.05) is 0 Å². The van der Waals surface area contributed by atoms with Gasteiger partial charge in [-0.15, -0.1) is 0 Å². The molecule has 0 saturated carbocycles. The summed E-state index contributed by atoms with van der Waals surface area (Å²) in [5.74, 6) is -0.0879. The highest BCUT2D eigenvalue weighted by Gasteiger charge is 2.08. The molecule has 0 spiro atoms. The second-order valence-electron chi connectivity index (χ2n) is 2.19. The van der Waals surface area contributed by atoms with Gasteiger partial charge in [0.25, 0.3) is 0 Å². The summed E-state index contributed by atoms with van der Waals surface area (Å²) in [5, 5.41) is 6.37. The van der Waals surface area contributed by atoms with Gasteiger partial charge in [0.15, 0.2) is 0 Å². The molecule has 1 N–H and O–H groups in total. The van der Waals surface area contributed by atoms with Crippen molar-refractivity contribution < 1.29 is 8.42 Å². The maximum absolute atomic E-state index is 10.6. The summed E-state index contributed by atoms with van der Waals surface area (Å²) < 4.78 is 21.9. The van der Waals surface area contributed by atoms with Crippen LogP contribution in [0.3, 0.4) is 0 Å². The van der Waals surface area contributed by atoms with Crippen LogP contribution >= 0.6 is 26.6 Å². The fourth-order valence-electron chi connectivity index (χ4n) is 0.697. The molecule has 0 aliphatic rings. The minimum atomic E-state index is -3.41. The van der Waals surface area contributed by atoms with Gasteiger partial charge in [-0.05, 0) is 15.9 Å². The van der Waals surface area contributed by atoms with Crippen molar-refractivity contribution in [3.8, 4) is 0 Å². The smallest absolute Gasteiger partial charge is 0.232 e. The maximum atomic E-state index is 10.6. The van der Waals surface area contributed by atoms with E-state index in [4.69, 9.17) is 10.7 Å². The van der Waals surface area contributed by atoms with Gasteiger partial charge in [-0.2, -0.15) is 5.10 Å². The predicted molar refractivity (Wildman–Crippen MR) is 49.6 cm³/mol. The molecule has 1 heterocycles. The Morgan fingerprint density at radius 3 is 2.75 bits per heavy atom. The minimum absolute atomic E-state index is 0.0879. The molecule has 12 heavy (non-hydrogen) atoms. The van der Waals surface area contributed by atoms with Crippen LogP contribution in [0, 0.1) is 0 Å². The molecule has 0 radical (unpaired) electrons. The fraction of sp³-hybridized carbons (Fsp3) is 0.400. The van der Waals surface area contributed by atoms with Crippen molar-refractivity contribution in [2.24, 2.45) is 0 Å². The van der Waals surface area contributed by atoms with E-state index in [1.165, 1.54) is 0 Å². The fourth-order valence-corrected chi connectivity index (χ4v) is 1.77. The molecule has 0 fully saturated rings. The molecule has 0 amide bonds. The molecular weight excluding hydrogens is 267 g/mol. The van der Waals surface area contributed by atoms with Crippen LogP contribution in [0.4, 0.5) is 0 Å². The van der Waals surface area contributed by atoms with Crippen LogP contribution in [0.2, 0.25) is 0 Å². The molecule has 0 aromatic carbocycles. The molecule has 0 unspecified atom stereocenters. The Kier molecular flexibility index (Phi) is 3.14. The predicted octanol–water partition coefficient (Wildman–Crippen LogP) is 1.28. The second-order valence-corrected chi connectivity index (χ2v) is 5.94. The van der Waals surface area contributed by atoms with E-state index in [1.54, 1.807) is 6.20 Å². The molecule has 1 aromatic heterocycles. The Morgan fingerprint density at radius 2 is 2.33 bits per heavy atom. The van der Waals surface area contributed by atoms with Crippen molar-refractivity contribution in [1.82, 2.24) is 10.2 Å². The second kappa shape index (κ2) is 3.76. The molecule has 0 atom stereocenters. The average molecular weight is 274 g/mol. The SMILES string of the molecule is O=S(=O)(Cl)CCc1[nH]ncc1Br. The quantitative estimate of drug-likeness (QED) is 0.844. The van der Waals surface area contributed by atoms with Gasteiger partial charge in [0.1, 0.15) is 0 Å². The van der Waals surface area contributed by atoms with Crippen LogP contribution in [0.1, 0.15) is 5.69 Å². The first-order valence-electron chi connectivity index (χ1n) is 3.09. The third-order valence-corrected chi connectivity index (χ3v) is 3.10. The van der Waals surface area contributed by atoms with Crippen LogP contribution in [0.5, 0.6) is 0 Å². The van der Waals surface area contributed by atoms with E-state index in [1.807, 2.05) is 0 Å². The van der Waals surface area contributed by atoms with E-state index in [9.17, 15) is 8.42 Å². The number of rotatable bonds is 3. The van der Waals surface area contributed by atoms with Gasteiger partial charge in [0.2, 0.25) is 9.05 Å². The zero-order valence-corrected chi connectivity index (χ0v) is 9.08. The molecule has 1 aromatic rings. The van der Waals surface area contributed by atoms with Gasteiger partial charge in [0.05, 0.1) is 22.1 Å². The number of nitrogens with one attached hydrogen (secondary N) is 1. The van der Waals surface area contributed by atoms with Crippen LogP contribution in [0.25, 0.3) is 0 Å². The number of H-pyrrole nitrogens is 1. The van der Waals surface area contributed by atoms with E-state index in [0.29, 0.717) is 6.42 Å². The molecule has 0 bridgehead atoms. The van der Waals surface area contributed by atoms with E-state index >= 15 is 0 Å². The van der Waals surface area contributed by atoms with Gasteiger partial charge in [-0.3, -0.25) is 5.10 Å². The summed E-state index contributed by atoms with van der Waals surface area (Å²) >= 11 is 3.20. The highest BCUT2D eigenvalue weighted by Crippen LogP contribution is 2.14. The standard InChI is InChI=1S/C5H6BrClN2O2S/c6-4-3-8-9-5(4)1-2-12(7,10)11/h3H,1-2H2,(H,8,9). The zero-order chi connectivity index (χ0) is 9.19. The Balaban J connectivity index is 2.61. The molecule has 0 saturated heterocycles. The highest BCUT2D eigenvalue weighted by molar-refractivity contribution is 9.10. The van der Waals surface area contributed by atoms with E-state index in [2.05, 4.69) is 26.1 Å². The summed E-state index contributed by atoms with van der Waals surface area (Å²) in [6.07, 6.45) is 1.91. The summed E-state index contributed by atoms with van der Waals surface area (Å²) in [6.45, 7) is 0.